The van der Waals surface area contributed by atoms with Crippen molar-refractivity contribution >= 4 is 6.09 Å². The molecule has 2 rings (SSSR count). The topological polar surface area (TPSA) is 47.6 Å². The van der Waals surface area contributed by atoms with Crippen LogP contribution in [0.5, 0.6) is 11.5 Å². The number of hydrogen-bond acceptors (Lipinski definition) is 3. The second kappa shape index (κ2) is 7.86. The molecule has 24 heavy (non-hydrogen) atoms. The number of alkyl carbamates (subject to hydrolysis) is 1. The summed E-state index contributed by atoms with van der Waals surface area (Å²) < 4.78 is 11.1. The molecular formula is C20H25NO3. The van der Waals surface area contributed by atoms with Crippen LogP contribution in [0.4, 0.5) is 4.79 Å². The van der Waals surface area contributed by atoms with Gasteiger partial charge < -0.3 is 14.8 Å². The SMILES string of the molecule is Cc1cccc(Oc2cccc(CCNC(=O)OC(C)(C)C)c2)c1. The van der Waals surface area contributed by atoms with Gasteiger partial charge in [0.15, 0.2) is 0 Å². The Morgan fingerprint density at radius 2 is 1.71 bits per heavy atom. The summed E-state index contributed by atoms with van der Waals surface area (Å²) in [4.78, 5) is 11.6. The Balaban J connectivity index is 1.88. The molecule has 4 nitrogen and oxygen atoms in total. The first-order valence-corrected chi connectivity index (χ1v) is 8.12. The van der Waals surface area contributed by atoms with Crippen LogP contribution in [0.3, 0.4) is 0 Å². The van der Waals surface area contributed by atoms with Crippen molar-refractivity contribution in [2.75, 3.05) is 6.54 Å². The van der Waals surface area contributed by atoms with Crippen LogP contribution >= 0.6 is 0 Å². The predicted octanol–water partition coefficient (Wildman–Crippen LogP) is 4.85. The molecule has 0 aliphatic heterocycles. The molecule has 1 amide bonds. The maximum atomic E-state index is 11.6. The zero-order valence-corrected chi connectivity index (χ0v) is 14.8. The average Bonchev–Trinajstić information content (AvgIpc) is 2.45. The van der Waals surface area contributed by atoms with Crippen LogP contribution in [0.25, 0.3) is 0 Å². The van der Waals surface area contributed by atoms with Crippen LogP contribution in [0.2, 0.25) is 0 Å². The Kier molecular flexibility index (Phi) is 5.85. The molecule has 0 bridgehead atoms. The Hall–Kier alpha value is -2.49. The lowest BCUT2D eigenvalue weighted by Gasteiger charge is -2.19. The standard InChI is InChI=1S/C20H25NO3/c1-15-7-5-9-17(13-15)23-18-10-6-8-16(14-18)11-12-21-19(22)24-20(2,3)4/h5-10,13-14H,11-12H2,1-4H3,(H,21,22). The molecule has 0 saturated carbocycles. The summed E-state index contributed by atoms with van der Waals surface area (Å²) in [5, 5.41) is 2.76. The molecule has 0 aliphatic carbocycles. The molecule has 0 atom stereocenters. The third-order valence-corrected chi connectivity index (χ3v) is 3.21. The maximum absolute atomic E-state index is 11.6. The first-order chi connectivity index (χ1) is 11.3. The van der Waals surface area contributed by atoms with Gasteiger partial charge in [-0.3, -0.25) is 0 Å². The second-order valence-electron chi connectivity index (χ2n) is 6.74. The van der Waals surface area contributed by atoms with E-state index < -0.39 is 11.7 Å². The molecule has 1 N–H and O–H groups in total. The molecule has 2 aromatic rings. The predicted molar refractivity (Wildman–Crippen MR) is 95.6 cm³/mol. The fourth-order valence-corrected chi connectivity index (χ4v) is 2.20. The van der Waals surface area contributed by atoms with Gasteiger partial charge in [0.1, 0.15) is 17.1 Å². The molecule has 0 heterocycles. The molecule has 0 saturated heterocycles. The van der Waals surface area contributed by atoms with Crippen LogP contribution in [0.15, 0.2) is 48.5 Å². The fourth-order valence-electron chi connectivity index (χ4n) is 2.20. The average molecular weight is 327 g/mol. The summed E-state index contributed by atoms with van der Waals surface area (Å²) in [6, 6.07) is 15.8. The number of carbonyl (C=O) groups excluding carboxylic acids is 1. The highest BCUT2D eigenvalue weighted by Crippen LogP contribution is 2.23. The summed E-state index contributed by atoms with van der Waals surface area (Å²) in [5.74, 6) is 1.61. The van der Waals surface area contributed by atoms with Crippen molar-refractivity contribution < 1.29 is 14.3 Å². The third-order valence-electron chi connectivity index (χ3n) is 3.21. The van der Waals surface area contributed by atoms with E-state index in [1.807, 2.05) is 76.2 Å². The highest BCUT2D eigenvalue weighted by molar-refractivity contribution is 5.67. The molecule has 0 fully saturated rings. The van der Waals surface area contributed by atoms with E-state index in [2.05, 4.69) is 5.32 Å². The molecule has 128 valence electrons. The fraction of sp³-hybridized carbons (Fsp3) is 0.350. The number of nitrogens with one attached hydrogen (secondary N) is 1. The molecule has 2 aromatic carbocycles. The van der Waals surface area contributed by atoms with Crippen molar-refractivity contribution in [1.29, 1.82) is 0 Å². The first-order valence-electron chi connectivity index (χ1n) is 8.12. The summed E-state index contributed by atoms with van der Waals surface area (Å²) in [6.07, 6.45) is 0.319. The largest absolute Gasteiger partial charge is 0.457 e. The van der Waals surface area contributed by atoms with Gasteiger partial charge in [0.25, 0.3) is 0 Å². The number of aryl methyl sites for hydroxylation is 1. The minimum Gasteiger partial charge on any atom is -0.457 e. The third kappa shape index (κ3) is 6.32. The molecule has 0 unspecified atom stereocenters. The van der Waals surface area contributed by atoms with E-state index in [4.69, 9.17) is 9.47 Å². The first kappa shape index (κ1) is 17.9. The normalized spacial score (nSPS) is 11.0. The molecule has 0 aromatic heterocycles. The quantitative estimate of drug-likeness (QED) is 0.853. The van der Waals surface area contributed by atoms with Crippen molar-refractivity contribution in [3.63, 3.8) is 0 Å². The molecule has 0 aliphatic rings. The molecule has 4 heteroatoms. The van der Waals surface area contributed by atoms with E-state index in [1.54, 1.807) is 0 Å². The highest BCUT2D eigenvalue weighted by atomic mass is 16.6. The lowest BCUT2D eigenvalue weighted by atomic mass is 10.1. The summed E-state index contributed by atoms with van der Waals surface area (Å²) in [6.45, 7) is 8.09. The van der Waals surface area contributed by atoms with E-state index in [-0.39, 0.29) is 0 Å². The smallest absolute Gasteiger partial charge is 0.407 e. The number of benzene rings is 2. The monoisotopic (exact) mass is 327 g/mol. The van der Waals surface area contributed by atoms with Crippen molar-refractivity contribution in [3.05, 3.63) is 59.7 Å². The maximum Gasteiger partial charge on any atom is 0.407 e. The summed E-state index contributed by atoms with van der Waals surface area (Å²) >= 11 is 0. The van der Waals surface area contributed by atoms with Gasteiger partial charge in [-0.2, -0.15) is 0 Å². The van der Waals surface area contributed by atoms with Crippen LogP contribution < -0.4 is 10.1 Å². The van der Waals surface area contributed by atoms with Gasteiger partial charge in [-0.15, -0.1) is 0 Å². The Morgan fingerprint density at radius 1 is 1.04 bits per heavy atom. The van der Waals surface area contributed by atoms with Gasteiger partial charge in [-0.1, -0.05) is 24.3 Å². The Morgan fingerprint density at radius 3 is 2.38 bits per heavy atom. The zero-order valence-electron chi connectivity index (χ0n) is 14.8. The number of ether oxygens (including phenoxy) is 2. The minimum atomic E-state index is -0.481. The van der Waals surface area contributed by atoms with Crippen LogP contribution in [0.1, 0.15) is 31.9 Å². The van der Waals surface area contributed by atoms with E-state index in [0.717, 1.165) is 22.6 Å². The van der Waals surface area contributed by atoms with Gasteiger partial charge in [0, 0.05) is 6.54 Å². The molecular weight excluding hydrogens is 302 g/mol. The zero-order chi connectivity index (χ0) is 17.6. The van der Waals surface area contributed by atoms with E-state index in [9.17, 15) is 4.79 Å². The van der Waals surface area contributed by atoms with Gasteiger partial charge in [-0.05, 0) is 69.5 Å². The molecule has 0 spiro atoms. The number of carbonyl (C=O) groups is 1. The summed E-state index contributed by atoms with van der Waals surface area (Å²) in [7, 11) is 0. The number of rotatable bonds is 5. The summed E-state index contributed by atoms with van der Waals surface area (Å²) in [5.41, 5.74) is 1.77. The van der Waals surface area contributed by atoms with Gasteiger partial charge >= 0.3 is 6.09 Å². The Labute approximate surface area is 143 Å². The van der Waals surface area contributed by atoms with E-state index >= 15 is 0 Å². The lowest BCUT2D eigenvalue weighted by molar-refractivity contribution is 0.0528. The van der Waals surface area contributed by atoms with Crippen molar-refractivity contribution in [3.8, 4) is 11.5 Å². The van der Waals surface area contributed by atoms with Crippen LogP contribution in [-0.2, 0) is 11.2 Å². The molecule has 0 radical (unpaired) electrons. The van der Waals surface area contributed by atoms with Crippen LogP contribution in [0, 0.1) is 6.92 Å². The lowest BCUT2D eigenvalue weighted by Crippen LogP contribution is -2.33. The van der Waals surface area contributed by atoms with E-state index in [0.29, 0.717) is 13.0 Å². The van der Waals surface area contributed by atoms with Gasteiger partial charge in [-0.25, -0.2) is 4.79 Å². The van der Waals surface area contributed by atoms with Crippen molar-refractivity contribution in [2.45, 2.75) is 39.7 Å². The Bertz CT molecular complexity index is 689. The van der Waals surface area contributed by atoms with Gasteiger partial charge in [0.2, 0.25) is 0 Å². The minimum absolute atomic E-state index is 0.394. The van der Waals surface area contributed by atoms with Crippen LogP contribution in [-0.4, -0.2) is 18.2 Å². The number of amides is 1. The second-order valence-corrected chi connectivity index (χ2v) is 6.74. The highest BCUT2D eigenvalue weighted by Gasteiger charge is 2.15. The van der Waals surface area contributed by atoms with E-state index in [1.165, 1.54) is 0 Å². The van der Waals surface area contributed by atoms with Gasteiger partial charge in [0.05, 0.1) is 0 Å². The van der Waals surface area contributed by atoms with Crippen molar-refractivity contribution in [2.24, 2.45) is 0 Å². The number of hydrogen-bond donors (Lipinski definition) is 1. The van der Waals surface area contributed by atoms with Crippen molar-refractivity contribution in [1.82, 2.24) is 5.32 Å².